The Morgan fingerprint density at radius 2 is 1.38 bits per heavy atom. The van der Waals surface area contributed by atoms with Crippen molar-refractivity contribution in [2.75, 3.05) is 0 Å². The zero-order chi connectivity index (χ0) is 14.7. The van der Waals surface area contributed by atoms with Crippen LogP contribution >= 0.6 is 0 Å². The van der Waals surface area contributed by atoms with E-state index in [-0.39, 0.29) is 17.2 Å². The van der Waals surface area contributed by atoms with Gasteiger partial charge in [-0.2, -0.15) is 0 Å². The number of aliphatic hydroxyl groups is 1. The van der Waals surface area contributed by atoms with Gasteiger partial charge in [0.2, 0.25) is 0 Å². The average molecular weight is 288 g/mol. The van der Waals surface area contributed by atoms with Gasteiger partial charge in [0.05, 0.1) is 0 Å². The summed E-state index contributed by atoms with van der Waals surface area (Å²) in [5, 5.41) is 39.1. The number of fused-ring (bicyclic) bond motifs is 6. The molecule has 0 aromatic heterocycles. The summed E-state index contributed by atoms with van der Waals surface area (Å²) in [6.07, 6.45) is -2.34. The Morgan fingerprint density at radius 3 is 2.14 bits per heavy atom. The first-order chi connectivity index (χ1) is 10.0. The van der Waals surface area contributed by atoms with Crippen LogP contribution in [0.25, 0.3) is 0 Å². The third kappa shape index (κ3) is 1.62. The van der Waals surface area contributed by atoms with E-state index in [1.807, 2.05) is 0 Å². The Balaban J connectivity index is 1.88. The van der Waals surface area contributed by atoms with Crippen LogP contribution in [-0.2, 0) is 0 Å². The standard InChI is InChI=1S/C15H12O6/c16-6-1-2-7-11(3-6)20-15-8-4-9(17)10(18)5-12(8)21-14(7)13(15)19/h1-5,13-19H/t13?,14-,15+/m0/s1. The van der Waals surface area contributed by atoms with Crippen molar-refractivity contribution in [2.45, 2.75) is 18.3 Å². The van der Waals surface area contributed by atoms with E-state index < -0.39 is 18.3 Å². The molecule has 3 atom stereocenters. The number of hydrogen-bond donors (Lipinski definition) is 4. The molecule has 2 aromatic rings. The van der Waals surface area contributed by atoms with E-state index in [9.17, 15) is 20.4 Å². The molecular weight excluding hydrogens is 276 g/mol. The van der Waals surface area contributed by atoms with Gasteiger partial charge < -0.3 is 29.9 Å². The summed E-state index contributed by atoms with van der Waals surface area (Å²) < 4.78 is 11.5. The van der Waals surface area contributed by atoms with Crippen molar-refractivity contribution in [3.05, 3.63) is 41.5 Å². The maximum absolute atomic E-state index is 10.4. The highest BCUT2D eigenvalue weighted by molar-refractivity contribution is 5.54. The van der Waals surface area contributed by atoms with Gasteiger partial charge in [0.15, 0.2) is 23.7 Å². The van der Waals surface area contributed by atoms with Crippen LogP contribution in [0.2, 0.25) is 0 Å². The number of ether oxygens (including phenoxy) is 2. The van der Waals surface area contributed by atoms with Crippen molar-refractivity contribution in [2.24, 2.45) is 0 Å². The van der Waals surface area contributed by atoms with E-state index in [1.165, 1.54) is 24.3 Å². The molecule has 0 aliphatic carbocycles. The molecule has 4 N–H and O–H groups in total. The van der Waals surface area contributed by atoms with Crippen LogP contribution < -0.4 is 9.47 Å². The number of phenolic OH excluding ortho intramolecular Hbond substituents is 3. The topological polar surface area (TPSA) is 99.4 Å². The molecule has 4 rings (SSSR count). The van der Waals surface area contributed by atoms with E-state index in [2.05, 4.69) is 0 Å². The minimum absolute atomic E-state index is 0.0528. The zero-order valence-electron chi connectivity index (χ0n) is 10.7. The normalized spacial score (nSPS) is 25.3. The minimum atomic E-state index is -0.946. The molecule has 2 aliphatic heterocycles. The van der Waals surface area contributed by atoms with Crippen molar-refractivity contribution >= 4 is 0 Å². The highest BCUT2D eigenvalue weighted by atomic mass is 16.5. The fourth-order valence-corrected chi connectivity index (χ4v) is 2.83. The number of aromatic hydroxyl groups is 3. The second kappa shape index (κ2) is 3.95. The summed E-state index contributed by atoms with van der Waals surface area (Å²) in [6, 6.07) is 7.17. The summed E-state index contributed by atoms with van der Waals surface area (Å²) in [5.41, 5.74) is 1.07. The van der Waals surface area contributed by atoms with Crippen LogP contribution in [0.1, 0.15) is 23.3 Å². The van der Waals surface area contributed by atoms with Crippen molar-refractivity contribution in [1.82, 2.24) is 0 Å². The molecule has 21 heavy (non-hydrogen) atoms. The van der Waals surface area contributed by atoms with E-state index in [0.29, 0.717) is 22.6 Å². The van der Waals surface area contributed by atoms with Gasteiger partial charge in [-0.1, -0.05) is 0 Å². The molecule has 6 nitrogen and oxygen atoms in total. The molecule has 2 aromatic carbocycles. The van der Waals surface area contributed by atoms with Crippen LogP contribution in [0.3, 0.4) is 0 Å². The fraction of sp³-hybridized carbons (Fsp3) is 0.200. The average Bonchev–Trinajstić information content (AvgIpc) is 2.43. The highest BCUT2D eigenvalue weighted by Gasteiger charge is 2.45. The largest absolute Gasteiger partial charge is 0.508 e. The van der Waals surface area contributed by atoms with Gasteiger partial charge in [0.1, 0.15) is 23.4 Å². The van der Waals surface area contributed by atoms with Crippen molar-refractivity contribution in [3.63, 3.8) is 0 Å². The smallest absolute Gasteiger partial charge is 0.161 e. The molecule has 1 unspecified atom stereocenters. The van der Waals surface area contributed by atoms with Crippen LogP contribution in [0, 0.1) is 0 Å². The van der Waals surface area contributed by atoms with Gasteiger partial charge in [-0.05, 0) is 18.2 Å². The Hall–Kier alpha value is -2.60. The Kier molecular flexibility index (Phi) is 2.29. The van der Waals surface area contributed by atoms with Crippen molar-refractivity contribution < 1.29 is 29.9 Å². The molecule has 0 fully saturated rings. The quantitative estimate of drug-likeness (QED) is 0.551. The lowest BCUT2D eigenvalue weighted by atomic mass is 9.89. The zero-order valence-corrected chi connectivity index (χ0v) is 10.7. The third-order valence-electron chi connectivity index (χ3n) is 3.85. The molecule has 0 spiro atoms. The molecule has 0 saturated heterocycles. The van der Waals surface area contributed by atoms with Crippen molar-refractivity contribution in [3.8, 4) is 28.7 Å². The number of hydrogen-bond acceptors (Lipinski definition) is 6. The Bertz CT molecular complexity index is 741. The molecule has 108 valence electrons. The van der Waals surface area contributed by atoms with E-state index in [4.69, 9.17) is 9.47 Å². The van der Waals surface area contributed by atoms with Crippen LogP contribution in [0.5, 0.6) is 28.7 Å². The summed E-state index contributed by atoms with van der Waals surface area (Å²) in [6.45, 7) is 0. The fourth-order valence-electron chi connectivity index (χ4n) is 2.83. The minimum Gasteiger partial charge on any atom is -0.508 e. The van der Waals surface area contributed by atoms with Crippen LogP contribution in [0.4, 0.5) is 0 Å². The van der Waals surface area contributed by atoms with Gasteiger partial charge in [-0.25, -0.2) is 0 Å². The van der Waals surface area contributed by atoms with Gasteiger partial charge in [0.25, 0.3) is 0 Å². The van der Waals surface area contributed by atoms with E-state index >= 15 is 0 Å². The molecule has 2 bridgehead atoms. The lowest BCUT2D eigenvalue weighted by Gasteiger charge is -2.41. The van der Waals surface area contributed by atoms with Gasteiger partial charge in [-0.3, -0.25) is 0 Å². The van der Waals surface area contributed by atoms with Crippen LogP contribution in [-0.4, -0.2) is 26.5 Å². The molecule has 2 aliphatic rings. The Morgan fingerprint density at radius 1 is 0.762 bits per heavy atom. The highest BCUT2D eigenvalue weighted by Crippen LogP contribution is 2.52. The summed E-state index contributed by atoms with van der Waals surface area (Å²) in [5.74, 6) is 0.220. The lowest BCUT2D eigenvalue weighted by Crippen LogP contribution is -2.40. The number of benzene rings is 2. The molecule has 0 radical (unpaired) electrons. The summed E-state index contributed by atoms with van der Waals surface area (Å²) >= 11 is 0. The molecule has 0 saturated carbocycles. The molecular formula is C15H12O6. The maximum Gasteiger partial charge on any atom is 0.161 e. The number of phenols is 3. The monoisotopic (exact) mass is 288 g/mol. The predicted molar refractivity (Wildman–Crippen MR) is 70.6 cm³/mol. The first-order valence-electron chi connectivity index (χ1n) is 6.45. The van der Waals surface area contributed by atoms with Crippen molar-refractivity contribution in [1.29, 1.82) is 0 Å². The van der Waals surface area contributed by atoms with E-state index in [0.717, 1.165) is 0 Å². The van der Waals surface area contributed by atoms with E-state index in [1.54, 1.807) is 6.07 Å². The maximum atomic E-state index is 10.4. The lowest BCUT2D eigenvalue weighted by molar-refractivity contribution is -0.0770. The first kappa shape index (κ1) is 12.2. The first-order valence-corrected chi connectivity index (χ1v) is 6.45. The summed E-state index contributed by atoms with van der Waals surface area (Å²) in [4.78, 5) is 0. The molecule has 6 heteroatoms. The van der Waals surface area contributed by atoms with Crippen LogP contribution in [0.15, 0.2) is 30.3 Å². The van der Waals surface area contributed by atoms with Gasteiger partial charge in [-0.15, -0.1) is 0 Å². The second-order valence-corrected chi connectivity index (χ2v) is 5.17. The predicted octanol–water partition coefficient (Wildman–Crippen LogP) is 1.73. The molecule has 0 amide bonds. The van der Waals surface area contributed by atoms with Gasteiger partial charge in [0, 0.05) is 23.3 Å². The number of aliphatic hydroxyl groups excluding tert-OH is 1. The van der Waals surface area contributed by atoms with Gasteiger partial charge >= 0.3 is 0 Å². The summed E-state index contributed by atoms with van der Waals surface area (Å²) in [7, 11) is 0. The molecule has 2 heterocycles. The second-order valence-electron chi connectivity index (χ2n) is 5.17. The SMILES string of the molecule is Oc1ccc2c(c1)O[C@@H]1c3cc(O)c(O)cc3O[C@@H]2C1O. The Labute approximate surface area is 119 Å². The third-order valence-corrected chi connectivity index (χ3v) is 3.85. The number of rotatable bonds is 0.